The van der Waals surface area contributed by atoms with Gasteiger partial charge in [0.25, 0.3) is 0 Å². The van der Waals surface area contributed by atoms with Gasteiger partial charge in [-0.1, -0.05) is 19.3 Å². The number of carbonyl (C=O) groups excluding carboxylic acids is 2. The summed E-state index contributed by atoms with van der Waals surface area (Å²) in [5.74, 6) is 0. The van der Waals surface area contributed by atoms with Crippen molar-refractivity contribution in [2.75, 3.05) is 11.6 Å². The molecule has 0 unspecified atom stereocenters. The minimum Gasteiger partial charge on any atom is -0.308 e. The molecule has 2 N–H and O–H groups in total. The van der Waals surface area contributed by atoms with Crippen LogP contribution in [0.1, 0.15) is 37.7 Å². The van der Waals surface area contributed by atoms with Crippen molar-refractivity contribution in [1.29, 1.82) is 0 Å². The van der Waals surface area contributed by atoms with Crippen LogP contribution in [0.3, 0.4) is 0 Å². The second-order valence-corrected chi connectivity index (χ2v) is 9.22. The highest BCUT2D eigenvalue weighted by Crippen LogP contribution is 2.24. The summed E-state index contributed by atoms with van der Waals surface area (Å²) in [6, 6.07) is 3.29. The maximum absolute atomic E-state index is 12.4. The zero-order valence-electron chi connectivity index (χ0n) is 14.2. The van der Waals surface area contributed by atoms with Gasteiger partial charge in [0.2, 0.25) is 10.0 Å². The average molecular weight is 479 g/mol. The smallest absolute Gasteiger partial charge is 0.308 e. The first kappa shape index (κ1) is 20.0. The molecular formula is C16H22IN3O4S. The lowest BCUT2D eigenvalue weighted by atomic mass is 9.96. The van der Waals surface area contributed by atoms with Crippen LogP contribution in [0.4, 0.5) is 15.3 Å². The Kier molecular flexibility index (Phi) is 6.66. The van der Waals surface area contributed by atoms with Gasteiger partial charge in [-0.2, -0.15) is 0 Å². The van der Waals surface area contributed by atoms with E-state index in [0.717, 1.165) is 39.0 Å². The molecule has 7 nitrogen and oxygen atoms in total. The molecule has 4 amide bonds. The standard InChI is InChI=1S/C16H22IN3O4S/c1-11-10-12(8-9-14(11)17)18-15(21)19-16(22)20(25(2,23)24)13-6-4-3-5-7-13/h8-10,13H,3-7H2,1-2H3,(H2,18,19,21,22). The molecule has 9 heteroatoms. The summed E-state index contributed by atoms with van der Waals surface area (Å²) in [4.78, 5) is 24.5. The zero-order chi connectivity index (χ0) is 18.6. The van der Waals surface area contributed by atoms with Crippen LogP contribution in [0, 0.1) is 10.5 Å². The number of carbonyl (C=O) groups is 2. The fraction of sp³-hybridized carbons (Fsp3) is 0.500. The van der Waals surface area contributed by atoms with Crippen molar-refractivity contribution in [1.82, 2.24) is 9.62 Å². The third-order valence-corrected chi connectivity index (χ3v) is 6.49. The quantitative estimate of drug-likeness (QED) is 0.650. The maximum atomic E-state index is 12.4. The van der Waals surface area contributed by atoms with Gasteiger partial charge in [-0.15, -0.1) is 0 Å². The van der Waals surface area contributed by atoms with Gasteiger partial charge in [0.05, 0.1) is 6.26 Å². The number of urea groups is 2. The topological polar surface area (TPSA) is 95.6 Å². The van der Waals surface area contributed by atoms with Crippen LogP contribution >= 0.6 is 22.6 Å². The lowest BCUT2D eigenvalue weighted by molar-refractivity contribution is 0.199. The first-order valence-electron chi connectivity index (χ1n) is 8.06. The molecule has 1 aromatic carbocycles. The number of amides is 4. The first-order valence-corrected chi connectivity index (χ1v) is 11.0. The van der Waals surface area contributed by atoms with Gasteiger partial charge < -0.3 is 5.32 Å². The monoisotopic (exact) mass is 479 g/mol. The van der Waals surface area contributed by atoms with Crippen molar-refractivity contribution in [2.45, 2.75) is 45.1 Å². The van der Waals surface area contributed by atoms with Crippen molar-refractivity contribution >= 4 is 50.4 Å². The van der Waals surface area contributed by atoms with E-state index in [1.165, 1.54) is 0 Å². The highest BCUT2D eigenvalue weighted by atomic mass is 127. The Hall–Kier alpha value is -1.36. The molecule has 1 aliphatic carbocycles. The molecule has 0 bridgehead atoms. The van der Waals surface area contributed by atoms with Gasteiger partial charge in [0.15, 0.2) is 0 Å². The van der Waals surface area contributed by atoms with Crippen LogP contribution < -0.4 is 10.6 Å². The van der Waals surface area contributed by atoms with Crippen molar-refractivity contribution in [3.05, 3.63) is 27.3 Å². The highest BCUT2D eigenvalue weighted by molar-refractivity contribution is 14.1. The van der Waals surface area contributed by atoms with E-state index in [1.54, 1.807) is 12.1 Å². The normalized spacial score (nSPS) is 15.5. The van der Waals surface area contributed by atoms with Crippen LogP contribution in [0.25, 0.3) is 0 Å². The molecule has 0 aliphatic heterocycles. The molecule has 0 radical (unpaired) electrons. The first-order chi connectivity index (χ1) is 11.7. The van der Waals surface area contributed by atoms with E-state index in [4.69, 9.17) is 0 Å². The third-order valence-electron chi connectivity index (χ3n) is 4.10. The van der Waals surface area contributed by atoms with Crippen molar-refractivity contribution in [2.24, 2.45) is 0 Å². The second kappa shape index (κ2) is 8.35. The lowest BCUT2D eigenvalue weighted by Crippen LogP contribution is -2.51. The summed E-state index contributed by atoms with van der Waals surface area (Å²) in [5, 5.41) is 4.68. The van der Waals surface area contributed by atoms with Crippen molar-refractivity contribution < 1.29 is 18.0 Å². The highest BCUT2D eigenvalue weighted by Gasteiger charge is 2.33. The minimum absolute atomic E-state index is 0.392. The van der Waals surface area contributed by atoms with E-state index in [9.17, 15) is 18.0 Å². The predicted octanol–water partition coefficient (Wildman–Crippen LogP) is 3.44. The van der Waals surface area contributed by atoms with Gasteiger partial charge in [-0.25, -0.2) is 22.3 Å². The van der Waals surface area contributed by atoms with Crippen molar-refractivity contribution in [3.63, 3.8) is 0 Å². The number of imide groups is 1. The number of benzene rings is 1. The van der Waals surface area contributed by atoms with Gasteiger partial charge in [-0.3, -0.25) is 5.32 Å². The van der Waals surface area contributed by atoms with Crippen LogP contribution in [0.15, 0.2) is 18.2 Å². The number of aryl methyl sites for hydroxylation is 1. The summed E-state index contributed by atoms with van der Waals surface area (Å²) in [5.41, 5.74) is 1.52. The Morgan fingerprint density at radius 3 is 2.40 bits per heavy atom. The lowest BCUT2D eigenvalue weighted by Gasteiger charge is -2.32. The van der Waals surface area contributed by atoms with Gasteiger partial charge >= 0.3 is 12.1 Å². The largest absolute Gasteiger partial charge is 0.339 e. The number of halogens is 1. The van der Waals surface area contributed by atoms with Crippen LogP contribution in [0.2, 0.25) is 0 Å². The predicted molar refractivity (Wildman–Crippen MR) is 105 cm³/mol. The van der Waals surface area contributed by atoms with Gasteiger partial charge in [-0.05, 0) is 66.1 Å². The molecule has 0 spiro atoms. The Morgan fingerprint density at radius 1 is 1.20 bits per heavy atom. The molecular weight excluding hydrogens is 457 g/mol. The summed E-state index contributed by atoms with van der Waals surface area (Å²) in [7, 11) is -3.75. The molecule has 138 valence electrons. The van der Waals surface area contributed by atoms with Gasteiger partial charge in [0.1, 0.15) is 0 Å². The van der Waals surface area contributed by atoms with E-state index >= 15 is 0 Å². The molecule has 1 aliphatic rings. The van der Waals surface area contributed by atoms with Crippen molar-refractivity contribution in [3.8, 4) is 0 Å². The van der Waals surface area contributed by atoms with Crippen LogP contribution in [-0.2, 0) is 10.0 Å². The molecule has 25 heavy (non-hydrogen) atoms. The number of hydrogen-bond acceptors (Lipinski definition) is 4. The SMILES string of the molecule is Cc1cc(NC(=O)NC(=O)N(C2CCCCC2)S(C)(=O)=O)ccc1I. The van der Waals surface area contributed by atoms with E-state index in [1.807, 2.05) is 13.0 Å². The summed E-state index contributed by atoms with van der Waals surface area (Å²) in [6.45, 7) is 1.91. The number of nitrogens with one attached hydrogen (secondary N) is 2. The summed E-state index contributed by atoms with van der Waals surface area (Å²) in [6.07, 6.45) is 5.01. The summed E-state index contributed by atoms with van der Waals surface area (Å²) >= 11 is 2.18. The zero-order valence-corrected chi connectivity index (χ0v) is 17.2. The van der Waals surface area contributed by atoms with Gasteiger partial charge in [0, 0.05) is 15.3 Å². The Labute approximate surface area is 161 Å². The molecule has 2 rings (SSSR count). The van der Waals surface area contributed by atoms with E-state index in [0.29, 0.717) is 18.5 Å². The average Bonchev–Trinajstić information content (AvgIpc) is 2.50. The van der Waals surface area contributed by atoms with Crippen LogP contribution in [0.5, 0.6) is 0 Å². The third kappa shape index (κ3) is 5.56. The number of anilines is 1. The fourth-order valence-electron chi connectivity index (χ4n) is 2.94. The Morgan fingerprint density at radius 2 is 1.84 bits per heavy atom. The van der Waals surface area contributed by atoms with Crippen LogP contribution in [-0.4, -0.2) is 37.1 Å². The molecule has 0 saturated heterocycles. The maximum Gasteiger partial charge on any atom is 0.339 e. The number of hydrogen-bond donors (Lipinski definition) is 2. The number of rotatable bonds is 3. The minimum atomic E-state index is -3.75. The number of nitrogens with zero attached hydrogens (tertiary/aromatic N) is 1. The Balaban J connectivity index is 2.06. The fourth-order valence-corrected chi connectivity index (χ4v) is 4.37. The molecule has 0 atom stereocenters. The molecule has 1 fully saturated rings. The molecule has 0 aromatic heterocycles. The number of sulfonamides is 1. The molecule has 0 heterocycles. The van der Waals surface area contributed by atoms with E-state index in [2.05, 4.69) is 33.2 Å². The molecule has 1 aromatic rings. The van der Waals surface area contributed by atoms with E-state index in [-0.39, 0.29) is 0 Å². The Bertz CT molecular complexity index is 761. The molecule has 1 saturated carbocycles. The second-order valence-electron chi connectivity index (χ2n) is 6.20. The summed E-state index contributed by atoms with van der Waals surface area (Å²) < 4.78 is 25.9. The van der Waals surface area contributed by atoms with E-state index < -0.39 is 28.1 Å².